The maximum atomic E-state index is 13.5. The van der Waals surface area contributed by atoms with Crippen LogP contribution in [0, 0.1) is 18.6 Å². The number of imide groups is 1. The molecular weight excluding hydrogens is 318 g/mol. The molecule has 0 aromatic heterocycles. The second-order valence-corrected chi connectivity index (χ2v) is 5.42. The highest BCUT2D eigenvalue weighted by Crippen LogP contribution is 2.24. The van der Waals surface area contributed by atoms with Crippen molar-refractivity contribution in [3.8, 4) is 0 Å². The summed E-state index contributed by atoms with van der Waals surface area (Å²) in [5, 5.41) is 2.22. The fraction of sp³-hybridized carbons (Fsp3) is 0.118. The summed E-state index contributed by atoms with van der Waals surface area (Å²) in [4.78, 5) is 37.3. The van der Waals surface area contributed by atoms with Crippen molar-refractivity contribution in [1.82, 2.24) is 4.90 Å². The maximum absolute atomic E-state index is 13.5. The van der Waals surface area contributed by atoms with Crippen molar-refractivity contribution >= 4 is 23.4 Å². The largest absolute Gasteiger partial charge is 0.322 e. The van der Waals surface area contributed by atoms with E-state index < -0.39 is 35.9 Å². The lowest BCUT2D eigenvalue weighted by Gasteiger charge is -2.13. The second kappa shape index (κ2) is 5.84. The Morgan fingerprint density at radius 1 is 1.04 bits per heavy atom. The van der Waals surface area contributed by atoms with Gasteiger partial charge in [0, 0.05) is 6.07 Å². The zero-order valence-electron chi connectivity index (χ0n) is 12.6. The first-order valence-corrected chi connectivity index (χ1v) is 7.08. The molecule has 0 saturated carbocycles. The number of nitrogens with one attached hydrogen (secondary N) is 1. The van der Waals surface area contributed by atoms with E-state index in [1.54, 1.807) is 19.1 Å². The highest BCUT2D eigenvalue weighted by molar-refractivity contribution is 6.22. The van der Waals surface area contributed by atoms with Crippen molar-refractivity contribution in [2.45, 2.75) is 6.92 Å². The third-order valence-electron chi connectivity index (χ3n) is 3.63. The number of halogens is 2. The van der Waals surface area contributed by atoms with Gasteiger partial charge in [-0.2, -0.15) is 0 Å². The average Bonchev–Trinajstić information content (AvgIpc) is 2.75. The highest BCUT2D eigenvalue weighted by atomic mass is 19.1. The van der Waals surface area contributed by atoms with E-state index in [0.29, 0.717) is 6.07 Å². The van der Waals surface area contributed by atoms with Gasteiger partial charge in [0.1, 0.15) is 18.2 Å². The number of hydrogen-bond acceptors (Lipinski definition) is 3. The van der Waals surface area contributed by atoms with E-state index >= 15 is 0 Å². The Bertz CT molecular complexity index is 880. The Morgan fingerprint density at radius 3 is 2.46 bits per heavy atom. The fourth-order valence-electron chi connectivity index (χ4n) is 2.47. The molecule has 5 nitrogen and oxygen atoms in total. The van der Waals surface area contributed by atoms with Crippen LogP contribution in [0.3, 0.4) is 0 Å². The number of nitrogens with zero attached hydrogens (tertiary/aromatic N) is 1. The molecule has 1 N–H and O–H groups in total. The predicted molar refractivity (Wildman–Crippen MR) is 81.5 cm³/mol. The van der Waals surface area contributed by atoms with Crippen LogP contribution in [0.2, 0.25) is 0 Å². The Hall–Kier alpha value is -3.09. The van der Waals surface area contributed by atoms with E-state index in [2.05, 4.69) is 5.32 Å². The normalized spacial score (nSPS) is 13.2. The van der Waals surface area contributed by atoms with Crippen LogP contribution in [-0.4, -0.2) is 29.2 Å². The number of carbonyl (C=O) groups excluding carboxylic acids is 3. The molecule has 2 aromatic carbocycles. The zero-order chi connectivity index (χ0) is 17.4. The van der Waals surface area contributed by atoms with Crippen LogP contribution in [0.15, 0.2) is 36.4 Å². The van der Waals surface area contributed by atoms with E-state index in [1.165, 1.54) is 6.07 Å². The zero-order valence-corrected chi connectivity index (χ0v) is 12.6. The molecule has 1 aliphatic rings. The summed E-state index contributed by atoms with van der Waals surface area (Å²) in [6.07, 6.45) is 0. The van der Waals surface area contributed by atoms with Crippen molar-refractivity contribution in [2.75, 3.05) is 11.9 Å². The molecule has 3 amide bonds. The van der Waals surface area contributed by atoms with Gasteiger partial charge in [-0.1, -0.05) is 11.6 Å². The van der Waals surface area contributed by atoms with Crippen molar-refractivity contribution < 1.29 is 23.2 Å². The van der Waals surface area contributed by atoms with Crippen LogP contribution < -0.4 is 5.32 Å². The van der Waals surface area contributed by atoms with Crippen LogP contribution in [0.4, 0.5) is 14.5 Å². The van der Waals surface area contributed by atoms with E-state index in [1.807, 2.05) is 0 Å². The quantitative estimate of drug-likeness (QED) is 0.880. The predicted octanol–water partition coefficient (Wildman–Crippen LogP) is 2.51. The lowest BCUT2D eigenvalue weighted by Crippen LogP contribution is -2.37. The van der Waals surface area contributed by atoms with Crippen LogP contribution in [0.5, 0.6) is 0 Å². The van der Waals surface area contributed by atoms with Gasteiger partial charge in [-0.15, -0.1) is 0 Å². The first kappa shape index (κ1) is 15.8. The van der Waals surface area contributed by atoms with Gasteiger partial charge in [0.15, 0.2) is 0 Å². The monoisotopic (exact) mass is 330 g/mol. The number of carbonyl (C=O) groups is 3. The third kappa shape index (κ3) is 2.76. The molecular formula is C17H12F2N2O3. The molecule has 3 rings (SSSR count). The number of hydrogen-bond donors (Lipinski definition) is 1. The van der Waals surface area contributed by atoms with E-state index in [4.69, 9.17) is 0 Å². The number of fused-ring (bicyclic) bond motifs is 1. The Kier molecular flexibility index (Phi) is 3.84. The summed E-state index contributed by atoms with van der Waals surface area (Å²) in [6.45, 7) is 1.23. The molecule has 0 atom stereocenters. The standard InChI is InChI=1S/C17H12F2N2O3/c1-9-2-4-11-12(6-9)17(24)21(16(11)23)8-15(22)20-14-5-3-10(18)7-13(14)19/h2-7H,8H2,1H3,(H,20,22). The van der Waals surface area contributed by atoms with E-state index in [-0.39, 0.29) is 16.8 Å². The maximum Gasteiger partial charge on any atom is 0.262 e. The Labute approximate surface area is 135 Å². The number of amides is 3. The first-order chi connectivity index (χ1) is 11.4. The van der Waals surface area contributed by atoms with Crippen molar-refractivity contribution in [3.05, 3.63) is 64.7 Å². The molecule has 0 aliphatic carbocycles. The average molecular weight is 330 g/mol. The van der Waals surface area contributed by atoms with Gasteiger partial charge in [0.25, 0.3) is 11.8 Å². The molecule has 0 fully saturated rings. The van der Waals surface area contributed by atoms with Gasteiger partial charge in [0.05, 0.1) is 16.8 Å². The summed E-state index contributed by atoms with van der Waals surface area (Å²) in [6, 6.07) is 7.48. The van der Waals surface area contributed by atoms with Crippen LogP contribution in [-0.2, 0) is 4.79 Å². The highest BCUT2D eigenvalue weighted by Gasteiger charge is 2.36. The summed E-state index contributed by atoms with van der Waals surface area (Å²) < 4.78 is 26.4. The SMILES string of the molecule is Cc1ccc2c(c1)C(=O)N(CC(=O)Nc1ccc(F)cc1F)C2=O. The minimum absolute atomic E-state index is 0.228. The third-order valence-corrected chi connectivity index (χ3v) is 3.63. The number of benzene rings is 2. The molecule has 24 heavy (non-hydrogen) atoms. The van der Waals surface area contributed by atoms with E-state index in [9.17, 15) is 23.2 Å². The molecule has 0 spiro atoms. The van der Waals surface area contributed by atoms with Gasteiger partial charge in [-0.05, 0) is 31.2 Å². The van der Waals surface area contributed by atoms with Crippen molar-refractivity contribution in [2.24, 2.45) is 0 Å². The van der Waals surface area contributed by atoms with Crippen LogP contribution >= 0.6 is 0 Å². The second-order valence-electron chi connectivity index (χ2n) is 5.42. The van der Waals surface area contributed by atoms with Crippen LogP contribution in [0.1, 0.15) is 26.3 Å². The van der Waals surface area contributed by atoms with Crippen LogP contribution in [0.25, 0.3) is 0 Å². The van der Waals surface area contributed by atoms with Crippen molar-refractivity contribution in [1.29, 1.82) is 0 Å². The Balaban J connectivity index is 1.76. The van der Waals surface area contributed by atoms with Gasteiger partial charge in [-0.3, -0.25) is 19.3 Å². The minimum atomic E-state index is -0.943. The molecule has 7 heteroatoms. The number of anilines is 1. The van der Waals surface area contributed by atoms with E-state index in [0.717, 1.165) is 22.6 Å². The number of aryl methyl sites for hydroxylation is 1. The fourth-order valence-corrected chi connectivity index (χ4v) is 2.47. The molecule has 1 aliphatic heterocycles. The molecule has 0 saturated heterocycles. The first-order valence-electron chi connectivity index (χ1n) is 7.08. The molecule has 2 aromatic rings. The molecule has 0 bridgehead atoms. The molecule has 0 radical (unpaired) electrons. The summed E-state index contributed by atoms with van der Waals surface area (Å²) in [5.41, 5.74) is 1.05. The van der Waals surface area contributed by atoms with Crippen molar-refractivity contribution in [3.63, 3.8) is 0 Å². The molecule has 122 valence electrons. The summed E-state index contributed by atoms with van der Waals surface area (Å²) in [7, 11) is 0. The topological polar surface area (TPSA) is 66.5 Å². The van der Waals surface area contributed by atoms with Gasteiger partial charge >= 0.3 is 0 Å². The smallest absolute Gasteiger partial charge is 0.262 e. The van der Waals surface area contributed by atoms with Gasteiger partial charge in [0.2, 0.25) is 5.91 Å². The summed E-state index contributed by atoms with van der Waals surface area (Å²) >= 11 is 0. The van der Waals surface area contributed by atoms with Gasteiger partial charge < -0.3 is 5.32 Å². The molecule has 1 heterocycles. The number of rotatable bonds is 3. The lowest BCUT2D eigenvalue weighted by molar-refractivity contribution is -0.116. The Morgan fingerprint density at radius 2 is 1.75 bits per heavy atom. The lowest BCUT2D eigenvalue weighted by atomic mass is 10.1. The molecule has 0 unspecified atom stereocenters. The van der Waals surface area contributed by atoms with Gasteiger partial charge in [-0.25, -0.2) is 8.78 Å². The minimum Gasteiger partial charge on any atom is -0.322 e. The summed E-state index contributed by atoms with van der Waals surface area (Å²) in [5.74, 6) is -3.63.